The van der Waals surface area contributed by atoms with Gasteiger partial charge < -0.3 is 24.5 Å². The molecule has 0 aliphatic carbocycles. The second-order valence-corrected chi connectivity index (χ2v) is 13.5. The lowest BCUT2D eigenvalue weighted by molar-refractivity contribution is 0.102. The number of imidazole rings is 1. The predicted molar refractivity (Wildman–Crippen MR) is 205 cm³/mol. The lowest BCUT2D eigenvalue weighted by Crippen LogP contribution is -2.39. The highest BCUT2D eigenvalue weighted by Crippen LogP contribution is 2.42. The summed E-state index contributed by atoms with van der Waals surface area (Å²) in [6.07, 6.45) is 8.42. The van der Waals surface area contributed by atoms with Crippen molar-refractivity contribution in [1.82, 2.24) is 29.5 Å². The summed E-state index contributed by atoms with van der Waals surface area (Å²) in [5, 5.41) is 5.25. The van der Waals surface area contributed by atoms with Crippen molar-refractivity contribution in [1.29, 1.82) is 0 Å². The van der Waals surface area contributed by atoms with Crippen LogP contribution in [-0.2, 0) is 0 Å². The van der Waals surface area contributed by atoms with Crippen LogP contribution in [0.25, 0.3) is 33.4 Å². The first-order valence-electron chi connectivity index (χ1n) is 17.1. The molecule has 1 aliphatic heterocycles. The summed E-state index contributed by atoms with van der Waals surface area (Å²) in [6, 6.07) is 29.1. The number of anilines is 2. The molecule has 1 saturated heterocycles. The fraction of sp³-hybridized carbons (Fsp3) is 0.175. The molecule has 1 amide bonds. The van der Waals surface area contributed by atoms with E-state index in [0.29, 0.717) is 51.9 Å². The number of carbonyl (C=O) groups is 1. The van der Waals surface area contributed by atoms with Crippen molar-refractivity contribution in [2.75, 3.05) is 23.3 Å². The highest BCUT2D eigenvalue weighted by molar-refractivity contribution is 6.31. The van der Waals surface area contributed by atoms with Crippen molar-refractivity contribution in [3.63, 3.8) is 0 Å². The Morgan fingerprint density at radius 1 is 0.865 bits per heavy atom. The number of nitrogens with zero attached hydrogens (tertiary/aromatic N) is 6. The maximum absolute atomic E-state index is 14.6. The van der Waals surface area contributed by atoms with Crippen molar-refractivity contribution >= 4 is 51.5 Å². The molecular weight excluding hydrogens is 695 g/mol. The zero-order valence-corrected chi connectivity index (χ0v) is 29.7. The van der Waals surface area contributed by atoms with Gasteiger partial charge in [0.2, 0.25) is 0 Å². The molecule has 2 N–H and O–H groups in total. The number of fused-ring (bicyclic) bond motifs is 1. The minimum absolute atomic E-state index is 0.0138. The van der Waals surface area contributed by atoms with Crippen molar-refractivity contribution in [2.45, 2.75) is 31.9 Å². The Morgan fingerprint density at radius 3 is 2.37 bits per heavy atom. The van der Waals surface area contributed by atoms with Gasteiger partial charge in [-0.3, -0.25) is 4.79 Å². The fourth-order valence-electron chi connectivity index (χ4n) is 6.81. The minimum atomic E-state index is -0.318. The second-order valence-electron chi connectivity index (χ2n) is 12.7. The molecule has 0 bridgehead atoms. The Morgan fingerprint density at radius 2 is 1.60 bits per heavy atom. The van der Waals surface area contributed by atoms with Crippen LogP contribution in [0.15, 0.2) is 116 Å². The summed E-state index contributed by atoms with van der Waals surface area (Å²) in [6.45, 7) is 3.49. The minimum Gasteiger partial charge on any atom is -0.460 e. The normalized spacial score (nSPS) is 14.0. The smallest absolute Gasteiger partial charge is 0.316 e. The largest absolute Gasteiger partial charge is 0.460 e. The number of hydrogen-bond donors (Lipinski definition) is 2. The summed E-state index contributed by atoms with van der Waals surface area (Å²) in [4.78, 5) is 38.3. The number of H-pyrrole nitrogens is 1. The van der Waals surface area contributed by atoms with Crippen LogP contribution in [0.5, 0.6) is 6.01 Å². The van der Waals surface area contributed by atoms with Crippen LogP contribution in [0.1, 0.15) is 41.9 Å². The first-order chi connectivity index (χ1) is 25.4. The summed E-state index contributed by atoms with van der Waals surface area (Å²) in [5.74, 6) is 0.374. The number of aromatic nitrogens is 6. The molecule has 7 aromatic rings. The van der Waals surface area contributed by atoms with Gasteiger partial charge in [0.15, 0.2) is 5.82 Å². The molecule has 0 saturated carbocycles. The summed E-state index contributed by atoms with van der Waals surface area (Å²) in [7, 11) is 0. The SMILES string of the molecule is CC(c1ccc(Cl)cc1)n1cnc(-c2ccccc2)c1-c1c(C(=O)Nc2cccnc2N2CCC(Oc3ncccn3)CC2)[nH]c2cc(Cl)ccc12. The Hall–Kier alpha value is -5.71. The van der Waals surface area contributed by atoms with Gasteiger partial charge in [0.1, 0.15) is 11.8 Å². The Labute approximate surface area is 310 Å². The molecule has 0 spiro atoms. The molecular formula is C40H34Cl2N8O2. The molecule has 3 aromatic carbocycles. The number of carbonyl (C=O) groups excluding carboxylic acids is 1. The number of nitrogens with one attached hydrogen (secondary N) is 2. The van der Waals surface area contributed by atoms with Gasteiger partial charge in [-0.05, 0) is 55.0 Å². The van der Waals surface area contributed by atoms with Crippen LogP contribution in [0, 0.1) is 0 Å². The van der Waals surface area contributed by atoms with Crippen molar-refractivity contribution in [3.05, 3.63) is 137 Å². The Bertz CT molecular complexity index is 2340. The number of ether oxygens (including phenoxy) is 1. The van der Waals surface area contributed by atoms with Gasteiger partial charge in [-0.1, -0.05) is 71.7 Å². The van der Waals surface area contributed by atoms with Gasteiger partial charge in [0.05, 0.1) is 29.4 Å². The number of rotatable bonds is 9. The Balaban J connectivity index is 1.17. The van der Waals surface area contributed by atoms with Gasteiger partial charge in [0, 0.05) is 76.6 Å². The molecule has 0 radical (unpaired) electrons. The van der Waals surface area contributed by atoms with Crippen LogP contribution in [-0.4, -0.2) is 54.6 Å². The van der Waals surface area contributed by atoms with E-state index in [1.165, 1.54) is 0 Å². The van der Waals surface area contributed by atoms with E-state index < -0.39 is 0 Å². The number of amides is 1. The monoisotopic (exact) mass is 728 g/mol. The predicted octanol–water partition coefficient (Wildman–Crippen LogP) is 9.10. The molecule has 8 rings (SSSR count). The van der Waals surface area contributed by atoms with Gasteiger partial charge in [-0.25, -0.2) is 19.9 Å². The lowest BCUT2D eigenvalue weighted by Gasteiger charge is -2.33. The molecule has 260 valence electrons. The second kappa shape index (κ2) is 14.5. The standard InChI is InChI=1S/C40H34Cl2N8O2/c1-25(26-10-12-28(41)13-11-26)50-24-46-35(27-7-3-2-4-8-27)37(50)34-31-15-14-29(42)23-33(31)47-36(34)39(51)48-32-9-5-18-43-38(32)49-21-16-30(17-22-49)52-40-44-19-6-20-45-40/h2-15,18-20,23-25,30,47H,16-17,21-22H2,1H3,(H,48,51). The lowest BCUT2D eigenvalue weighted by atomic mass is 9.99. The summed E-state index contributed by atoms with van der Waals surface area (Å²) < 4.78 is 8.13. The van der Waals surface area contributed by atoms with E-state index in [4.69, 9.17) is 37.9 Å². The highest BCUT2D eigenvalue weighted by Gasteiger charge is 2.29. The third-order valence-corrected chi connectivity index (χ3v) is 9.91. The van der Waals surface area contributed by atoms with E-state index in [0.717, 1.165) is 46.3 Å². The van der Waals surface area contributed by atoms with Crippen LogP contribution in [0.3, 0.4) is 0 Å². The van der Waals surface area contributed by atoms with E-state index in [2.05, 4.69) is 36.7 Å². The van der Waals surface area contributed by atoms with Crippen LogP contribution >= 0.6 is 23.2 Å². The molecule has 12 heteroatoms. The summed E-state index contributed by atoms with van der Waals surface area (Å²) >= 11 is 12.8. The Kier molecular flexibility index (Phi) is 9.32. The summed E-state index contributed by atoms with van der Waals surface area (Å²) in [5.41, 5.74) is 5.94. The topological polar surface area (TPSA) is 114 Å². The van der Waals surface area contributed by atoms with E-state index in [1.54, 1.807) is 24.7 Å². The van der Waals surface area contributed by atoms with Crippen molar-refractivity contribution < 1.29 is 9.53 Å². The molecule has 5 heterocycles. The molecule has 1 fully saturated rings. The molecule has 52 heavy (non-hydrogen) atoms. The average molecular weight is 730 g/mol. The first-order valence-corrected chi connectivity index (χ1v) is 17.8. The quantitative estimate of drug-likeness (QED) is 0.152. The number of benzene rings is 3. The fourth-order valence-corrected chi connectivity index (χ4v) is 7.11. The maximum Gasteiger partial charge on any atom is 0.316 e. The van der Waals surface area contributed by atoms with Gasteiger partial charge >= 0.3 is 6.01 Å². The van der Waals surface area contributed by atoms with E-state index in [9.17, 15) is 4.79 Å². The van der Waals surface area contributed by atoms with Crippen molar-refractivity contribution in [2.24, 2.45) is 0 Å². The third-order valence-electron chi connectivity index (χ3n) is 9.43. The molecule has 10 nitrogen and oxygen atoms in total. The first kappa shape index (κ1) is 33.4. The molecule has 1 aliphatic rings. The van der Waals surface area contributed by atoms with Gasteiger partial charge in [-0.2, -0.15) is 0 Å². The van der Waals surface area contributed by atoms with Crippen LogP contribution < -0.4 is 15.0 Å². The van der Waals surface area contributed by atoms with E-state index in [1.807, 2.05) is 91.3 Å². The molecule has 1 atom stereocenters. The number of pyridine rings is 1. The molecule has 4 aromatic heterocycles. The highest BCUT2D eigenvalue weighted by atomic mass is 35.5. The number of piperidine rings is 1. The van der Waals surface area contributed by atoms with Crippen LogP contribution in [0.4, 0.5) is 11.5 Å². The van der Waals surface area contributed by atoms with Gasteiger partial charge in [0.25, 0.3) is 5.91 Å². The average Bonchev–Trinajstić information content (AvgIpc) is 3.78. The number of aromatic amines is 1. The third kappa shape index (κ3) is 6.70. The number of hydrogen-bond acceptors (Lipinski definition) is 7. The maximum atomic E-state index is 14.6. The number of halogens is 2. The molecule has 1 unspecified atom stereocenters. The van der Waals surface area contributed by atoms with Gasteiger partial charge in [-0.15, -0.1) is 0 Å². The van der Waals surface area contributed by atoms with E-state index >= 15 is 0 Å². The van der Waals surface area contributed by atoms with E-state index in [-0.39, 0.29) is 18.1 Å². The zero-order chi connectivity index (χ0) is 35.6. The zero-order valence-electron chi connectivity index (χ0n) is 28.2. The van der Waals surface area contributed by atoms with Crippen LogP contribution in [0.2, 0.25) is 10.0 Å². The van der Waals surface area contributed by atoms with Crippen molar-refractivity contribution in [3.8, 4) is 28.5 Å².